The number of hydrogen-bond donors (Lipinski definition) is 1. The van der Waals surface area contributed by atoms with Crippen LogP contribution in [0.2, 0.25) is 5.15 Å². The SMILES string of the molecule is CC.Cc1c(Cl)ncc(F)c1N. The summed E-state index contributed by atoms with van der Waals surface area (Å²) < 4.78 is 12.5. The lowest BCUT2D eigenvalue weighted by molar-refractivity contribution is 0.625. The molecule has 1 heterocycles. The zero-order valence-electron chi connectivity index (χ0n) is 7.36. The average molecular weight is 191 g/mol. The Balaban J connectivity index is 0.000000561. The maximum Gasteiger partial charge on any atom is 0.164 e. The maximum absolute atomic E-state index is 12.5. The number of nitrogens with zero attached hydrogens (tertiary/aromatic N) is 1. The van der Waals surface area contributed by atoms with E-state index in [1.807, 2.05) is 13.8 Å². The third kappa shape index (κ3) is 2.34. The lowest BCUT2D eigenvalue weighted by Gasteiger charge is -2.00. The number of aromatic nitrogens is 1. The highest BCUT2D eigenvalue weighted by atomic mass is 35.5. The fourth-order valence-corrected chi connectivity index (χ4v) is 0.721. The molecule has 1 aromatic heterocycles. The van der Waals surface area contributed by atoms with Gasteiger partial charge in [-0.1, -0.05) is 25.4 Å². The van der Waals surface area contributed by atoms with Crippen molar-refractivity contribution >= 4 is 17.3 Å². The van der Waals surface area contributed by atoms with Crippen molar-refractivity contribution in [3.63, 3.8) is 0 Å². The van der Waals surface area contributed by atoms with Crippen LogP contribution in [-0.2, 0) is 0 Å². The molecule has 1 rings (SSSR count). The Morgan fingerprint density at radius 1 is 1.50 bits per heavy atom. The van der Waals surface area contributed by atoms with Crippen LogP contribution in [0, 0.1) is 12.7 Å². The van der Waals surface area contributed by atoms with Gasteiger partial charge >= 0.3 is 0 Å². The van der Waals surface area contributed by atoms with Gasteiger partial charge in [-0.3, -0.25) is 0 Å². The molecule has 0 fully saturated rings. The molecule has 0 atom stereocenters. The topological polar surface area (TPSA) is 38.9 Å². The molecule has 0 unspecified atom stereocenters. The molecule has 2 N–H and O–H groups in total. The molecule has 0 spiro atoms. The van der Waals surface area contributed by atoms with Crippen LogP contribution in [0.1, 0.15) is 19.4 Å². The van der Waals surface area contributed by atoms with E-state index in [1.165, 1.54) is 0 Å². The summed E-state index contributed by atoms with van der Waals surface area (Å²) in [6, 6.07) is 0. The lowest BCUT2D eigenvalue weighted by Crippen LogP contribution is -1.96. The van der Waals surface area contributed by atoms with Crippen molar-refractivity contribution in [1.29, 1.82) is 0 Å². The molecule has 4 heteroatoms. The summed E-state index contributed by atoms with van der Waals surface area (Å²) in [5, 5.41) is 0.249. The van der Waals surface area contributed by atoms with Gasteiger partial charge in [0.25, 0.3) is 0 Å². The minimum atomic E-state index is -0.526. The summed E-state index contributed by atoms with van der Waals surface area (Å²) in [7, 11) is 0. The first-order valence-electron chi connectivity index (χ1n) is 3.69. The Morgan fingerprint density at radius 2 is 2.00 bits per heavy atom. The van der Waals surface area contributed by atoms with Gasteiger partial charge in [0, 0.05) is 5.56 Å². The van der Waals surface area contributed by atoms with Gasteiger partial charge in [0.05, 0.1) is 11.9 Å². The predicted molar refractivity (Wildman–Crippen MR) is 49.7 cm³/mol. The molecule has 0 aromatic carbocycles. The number of rotatable bonds is 0. The number of anilines is 1. The minimum absolute atomic E-state index is 0.0694. The van der Waals surface area contributed by atoms with Crippen LogP contribution < -0.4 is 5.73 Å². The van der Waals surface area contributed by atoms with Crippen molar-refractivity contribution in [2.45, 2.75) is 20.8 Å². The van der Waals surface area contributed by atoms with Gasteiger partial charge in [0.2, 0.25) is 0 Å². The second kappa shape index (κ2) is 4.93. The third-order valence-electron chi connectivity index (χ3n) is 1.26. The molecule has 0 aliphatic carbocycles. The molecule has 12 heavy (non-hydrogen) atoms. The molecule has 0 bridgehead atoms. The van der Waals surface area contributed by atoms with Crippen molar-refractivity contribution in [2.24, 2.45) is 0 Å². The van der Waals surface area contributed by atoms with E-state index in [1.54, 1.807) is 6.92 Å². The van der Waals surface area contributed by atoms with E-state index in [0.29, 0.717) is 5.56 Å². The van der Waals surface area contributed by atoms with Gasteiger partial charge < -0.3 is 5.73 Å². The molecule has 0 aliphatic rings. The highest BCUT2D eigenvalue weighted by Gasteiger charge is 2.04. The van der Waals surface area contributed by atoms with E-state index in [0.717, 1.165) is 6.20 Å². The fourth-order valence-electron chi connectivity index (χ4n) is 0.570. The second-order valence-electron chi connectivity index (χ2n) is 1.94. The second-order valence-corrected chi connectivity index (χ2v) is 2.29. The van der Waals surface area contributed by atoms with Gasteiger partial charge in [-0.05, 0) is 6.92 Å². The zero-order chi connectivity index (χ0) is 9.72. The van der Waals surface area contributed by atoms with Crippen LogP contribution in [-0.4, -0.2) is 4.98 Å². The van der Waals surface area contributed by atoms with Gasteiger partial charge in [-0.2, -0.15) is 0 Å². The normalized spacial score (nSPS) is 8.75. The number of pyridine rings is 1. The van der Waals surface area contributed by atoms with Crippen LogP contribution in [0.5, 0.6) is 0 Å². The van der Waals surface area contributed by atoms with Crippen LogP contribution in [0.25, 0.3) is 0 Å². The summed E-state index contributed by atoms with van der Waals surface area (Å²) >= 11 is 5.53. The lowest BCUT2D eigenvalue weighted by atomic mass is 10.2. The van der Waals surface area contributed by atoms with Crippen LogP contribution in [0.4, 0.5) is 10.1 Å². The molecule has 0 radical (unpaired) electrons. The predicted octanol–water partition coefficient (Wildman–Crippen LogP) is 2.79. The summed E-state index contributed by atoms with van der Waals surface area (Å²) in [5.74, 6) is -0.526. The summed E-state index contributed by atoms with van der Waals surface area (Å²) in [6.07, 6.45) is 1.00. The number of nitrogens with two attached hydrogens (primary N) is 1. The Labute approximate surface area is 76.6 Å². The van der Waals surface area contributed by atoms with Crippen molar-refractivity contribution < 1.29 is 4.39 Å². The third-order valence-corrected chi connectivity index (χ3v) is 1.64. The summed E-state index contributed by atoms with van der Waals surface area (Å²) in [4.78, 5) is 3.55. The van der Waals surface area contributed by atoms with Gasteiger partial charge in [0.15, 0.2) is 5.82 Å². The molecule has 68 valence electrons. The largest absolute Gasteiger partial charge is 0.396 e. The van der Waals surface area contributed by atoms with Crippen LogP contribution >= 0.6 is 11.6 Å². The molecule has 2 nitrogen and oxygen atoms in total. The number of hydrogen-bond acceptors (Lipinski definition) is 2. The van der Waals surface area contributed by atoms with Crippen LogP contribution in [0.3, 0.4) is 0 Å². The Kier molecular flexibility index (Phi) is 4.59. The quantitative estimate of drug-likeness (QED) is 0.639. The Hall–Kier alpha value is -0.830. The molecule has 0 saturated heterocycles. The average Bonchev–Trinajstić information content (AvgIpc) is 2.12. The van der Waals surface area contributed by atoms with E-state index in [-0.39, 0.29) is 10.8 Å². The summed E-state index contributed by atoms with van der Waals surface area (Å²) in [5.41, 5.74) is 5.84. The molecule has 1 aromatic rings. The monoisotopic (exact) mass is 190 g/mol. The number of nitrogen functional groups attached to an aromatic ring is 1. The van der Waals surface area contributed by atoms with E-state index in [9.17, 15) is 4.39 Å². The smallest absolute Gasteiger partial charge is 0.164 e. The first kappa shape index (κ1) is 11.2. The highest BCUT2D eigenvalue weighted by molar-refractivity contribution is 6.30. The minimum Gasteiger partial charge on any atom is -0.396 e. The van der Waals surface area contributed by atoms with Crippen molar-refractivity contribution in [3.05, 3.63) is 22.7 Å². The molecular weight excluding hydrogens is 179 g/mol. The van der Waals surface area contributed by atoms with Crippen molar-refractivity contribution in [3.8, 4) is 0 Å². The Bertz CT molecular complexity index is 236. The molecule has 0 saturated carbocycles. The number of halogens is 2. The van der Waals surface area contributed by atoms with E-state index in [4.69, 9.17) is 17.3 Å². The first-order chi connectivity index (χ1) is 5.63. The van der Waals surface area contributed by atoms with Crippen molar-refractivity contribution in [2.75, 3.05) is 5.73 Å². The molecule has 0 amide bonds. The highest BCUT2D eigenvalue weighted by Crippen LogP contribution is 2.20. The van der Waals surface area contributed by atoms with E-state index < -0.39 is 5.82 Å². The molecular formula is C8H12ClFN2. The van der Waals surface area contributed by atoms with E-state index in [2.05, 4.69) is 4.98 Å². The maximum atomic E-state index is 12.5. The van der Waals surface area contributed by atoms with Crippen molar-refractivity contribution in [1.82, 2.24) is 4.98 Å². The summed E-state index contributed by atoms with van der Waals surface area (Å²) in [6.45, 7) is 5.62. The van der Waals surface area contributed by atoms with E-state index >= 15 is 0 Å². The molecule has 0 aliphatic heterocycles. The van der Waals surface area contributed by atoms with Crippen LogP contribution in [0.15, 0.2) is 6.20 Å². The Morgan fingerprint density at radius 3 is 2.42 bits per heavy atom. The van der Waals surface area contributed by atoms with Gasteiger partial charge in [0.1, 0.15) is 5.15 Å². The van der Waals surface area contributed by atoms with Gasteiger partial charge in [-0.15, -0.1) is 0 Å². The fraction of sp³-hybridized carbons (Fsp3) is 0.375. The zero-order valence-corrected chi connectivity index (χ0v) is 8.11. The standard InChI is InChI=1S/C6H6ClFN2.C2H6/c1-3-5(9)4(8)2-10-6(3)7;1-2/h2H,1H3,(H2,9,10);1-2H3. The first-order valence-corrected chi connectivity index (χ1v) is 4.07. The van der Waals surface area contributed by atoms with Gasteiger partial charge in [-0.25, -0.2) is 9.37 Å².